The van der Waals surface area contributed by atoms with E-state index in [1.54, 1.807) is 0 Å². The van der Waals surface area contributed by atoms with Crippen LogP contribution in [0.25, 0.3) is 65.7 Å². The molecule has 0 atom stereocenters. The Labute approximate surface area is 287 Å². The molecule has 9 aromatic rings. The highest BCUT2D eigenvalue weighted by molar-refractivity contribution is 6.15. The lowest BCUT2D eigenvalue weighted by molar-refractivity contribution is 1.28. The predicted molar refractivity (Wildman–Crippen MR) is 210 cm³/mol. The van der Waals surface area contributed by atoms with Crippen LogP contribution in [0.4, 0.5) is 17.1 Å². The van der Waals surface area contributed by atoms with E-state index in [4.69, 9.17) is 0 Å². The highest BCUT2D eigenvalue weighted by Crippen LogP contribution is 2.44. The summed E-state index contributed by atoms with van der Waals surface area (Å²) in [7, 11) is 0. The van der Waals surface area contributed by atoms with E-state index in [0.29, 0.717) is 0 Å². The number of benzene rings is 9. The molecule has 0 aliphatic heterocycles. The van der Waals surface area contributed by atoms with E-state index in [-0.39, 0.29) is 0 Å². The Hall–Kier alpha value is -6.44. The molecule has 0 amide bonds. The molecular weight excluding hydrogens is 591 g/mol. The number of hydrogen-bond donors (Lipinski definition) is 0. The third-order valence-electron chi connectivity index (χ3n) is 9.63. The maximum Gasteiger partial charge on any atom is 0.0468 e. The predicted octanol–water partition coefficient (Wildman–Crippen LogP) is 13.6. The number of hydrogen-bond acceptors (Lipinski definition) is 1. The Morgan fingerprint density at radius 3 is 1.59 bits per heavy atom. The lowest BCUT2D eigenvalue weighted by Gasteiger charge is -2.27. The second-order valence-electron chi connectivity index (χ2n) is 12.6. The molecule has 0 aromatic heterocycles. The molecular formula is C48H33N. The average molecular weight is 624 g/mol. The van der Waals surface area contributed by atoms with E-state index < -0.39 is 0 Å². The largest absolute Gasteiger partial charge is 0.310 e. The van der Waals surface area contributed by atoms with E-state index in [9.17, 15) is 0 Å². The van der Waals surface area contributed by atoms with Crippen molar-refractivity contribution in [2.45, 2.75) is 0 Å². The smallest absolute Gasteiger partial charge is 0.0468 e. The molecule has 0 radical (unpaired) electrons. The molecule has 0 aliphatic carbocycles. The summed E-state index contributed by atoms with van der Waals surface area (Å²) in [5, 5.41) is 7.54. The molecule has 1 nitrogen and oxygen atoms in total. The molecule has 9 rings (SSSR count). The zero-order valence-electron chi connectivity index (χ0n) is 27.0. The van der Waals surface area contributed by atoms with Crippen molar-refractivity contribution < 1.29 is 0 Å². The molecule has 0 fully saturated rings. The standard InChI is InChI=1S/C48H33N/c1-3-14-36(15-4-1)44-30-29-42(33-48(44)47-32-39-17-9-10-20-43(39)45-21-11-12-22-46(45)47)49(40-18-5-2-6-19-40)41-27-25-35(26-28-41)38-24-23-34-13-7-8-16-37(34)31-38/h1-33H. The van der Waals surface area contributed by atoms with Gasteiger partial charge in [-0.15, -0.1) is 0 Å². The van der Waals surface area contributed by atoms with Gasteiger partial charge in [-0.05, 0) is 114 Å². The summed E-state index contributed by atoms with van der Waals surface area (Å²) < 4.78 is 0. The molecule has 49 heavy (non-hydrogen) atoms. The molecule has 0 unspecified atom stereocenters. The van der Waals surface area contributed by atoms with Crippen LogP contribution in [-0.2, 0) is 0 Å². The van der Waals surface area contributed by atoms with Gasteiger partial charge in [-0.2, -0.15) is 0 Å². The number of nitrogens with zero attached hydrogens (tertiary/aromatic N) is 1. The van der Waals surface area contributed by atoms with Gasteiger partial charge in [-0.1, -0.05) is 152 Å². The molecule has 1 heteroatoms. The summed E-state index contributed by atoms with van der Waals surface area (Å²) in [5.41, 5.74) is 10.6. The van der Waals surface area contributed by atoms with Crippen LogP contribution in [-0.4, -0.2) is 0 Å². The second kappa shape index (κ2) is 12.3. The van der Waals surface area contributed by atoms with Gasteiger partial charge in [0, 0.05) is 17.1 Å². The van der Waals surface area contributed by atoms with Crippen molar-refractivity contribution in [3.05, 3.63) is 200 Å². The zero-order chi connectivity index (χ0) is 32.6. The van der Waals surface area contributed by atoms with Gasteiger partial charge < -0.3 is 4.90 Å². The highest BCUT2D eigenvalue weighted by Gasteiger charge is 2.18. The van der Waals surface area contributed by atoms with Crippen LogP contribution in [0, 0.1) is 0 Å². The zero-order valence-corrected chi connectivity index (χ0v) is 27.0. The topological polar surface area (TPSA) is 3.24 Å². The van der Waals surface area contributed by atoms with Crippen molar-refractivity contribution in [1.82, 2.24) is 0 Å². The van der Waals surface area contributed by atoms with Crippen LogP contribution in [0.1, 0.15) is 0 Å². The fourth-order valence-corrected chi connectivity index (χ4v) is 7.24. The monoisotopic (exact) mass is 623 g/mol. The first-order valence-electron chi connectivity index (χ1n) is 16.8. The summed E-state index contributed by atoms with van der Waals surface area (Å²) in [6.07, 6.45) is 0. The van der Waals surface area contributed by atoms with Crippen molar-refractivity contribution in [2.24, 2.45) is 0 Å². The van der Waals surface area contributed by atoms with Gasteiger partial charge in [0.05, 0.1) is 0 Å². The van der Waals surface area contributed by atoms with Crippen molar-refractivity contribution in [3.63, 3.8) is 0 Å². The van der Waals surface area contributed by atoms with Gasteiger partial charge in [0.1, 0.15) is 0 Å². The van der Waals surface area contributed by atoms with Crippen LogP contribution in [0.15, 0.2) is 200 Å². The second-order valence-corrected chi connectivity index (χ2v) is 12.6. The molecule has 230 valence electrons. The van der Waals surface area contributed by atoms with E-state index in [1.807, 2.05) is 0 Å². The Morgan fingerprint density at radius 1 is 0.245 bits per heavy atom. The van der Waals surface area contributed by atoms with Gasteiger partial charge >= 0.3 is 0 Å². The molecule has 0 bridgehead atoms. The molecule has 0 aliphatic rings. The first-order valence-corrected chi connectivity index (χ1v) is 16.8. The SMILES string of the molecule is c1ccc(-c2ccc(N(c3ccccc3)c3ccc(-c4ccc5ccccc5c4)cc3)cc2-c2cc3ccccc3c3ccccc23)cc1. The maximum absolute atomic E-state index is 2.38. The van der Waals surface area contributed by atoms with E-state index in [1.165, 1.54) is 65.7 Å². The van der Waals surface area contributed by atoms with Gasteiger partial charge in [-0.25, -0.2) is 0 Å². The van der Waals surface area contributed by atoms with Crippen LogP contribution in [0.2, 0.25) is 0 Å². The van der Waals surface area contributed by atoms with Crippen molar-refractivity contribution in [1.29, 1.82) is 0 Å². The maximum atomic E-state index is 2.38. The summed E-state index contributed by atoms with van der Waals surface area (Å²) in [6, 6.07) is 72.5. The van der Waals surface area contributed by atoms with Gasteiger partial charge in [0.15, 0.2) is 0 Å². The van der Waals surface area contributed by atoms with Crippen molar-refractivity contribution in [3.8, 4) is 33.4 Å². The van der Waals surface area contributed by atoms with Gasteiger partial charge in [0.25, 0.3) is 0 Å². The lowest BCUT2D eigenvalue weighted by atomic mass is 9.88. The number of anilines is 3. The third-order valence-corrected chi connectivity index (χ3v) is 9.63. The van der Waals surface area contributed by atoms with E-state index >= 15 is 0 Å². The van der Waals surface area contributed by atoms with Gasteiger partial charge in [-0.3, -0.25) is 0 Å². The van der Waals surface area contributed by atoms with Gasteiger partial charge in [0.2, 0.25) is 0 Å². The Balaban J connectivity index is 1.23. The Kier molecular flexibility index (Phi) is 7.22. The fraction of sp³-hybridized carbons (Fsp3) is 0. The molecule has 9 aromatic carbocycles. The molecule has 0 N–H and O–H groups in total. The fourth-order valence-electron chi connectivity index (χ4n) is 7.24. The molecule has 0 spiro atoms. The first kappa shape index (κ1) is 28.8. The third kappa shape index (κ3) is 5.32. The molecule has 0 saturated carbocycles. The van der Waals surface area contributed by atoms with E-state index in [2.05, 4.69) is 205 Å². The van der Waals surface area contributed by atoms with E-state index in [0.717, 1.165) is 17.1 Å². The molecule has 0 heterocycles. The van der Waals surface area contributed by atoms with Crippen LogP contribution < -0.4 is 4.90 Å². The Bertz CT molecular complexity index is 2590. The summed E-state index contributed by atoms with van der Waals surface area (Å²) in [6.45, 7) is 0. The van der Waals surface area contributed by atoms with Crippen molar-refractivity contribution >= 4 is 49.4 Å². The lowest BCUT2D eigenvalue weighted by Crippen LogP contribution is -2.10. The first-order chi connectivity index (χ1) is 24.3. The number of fused-ring (bicyclic) bond motifs is 4. The minimum atomic E-state index is 1.11. The normalized spacial score (nSPS) is 11.3. The quantitative estimate of drug-likeness (QED) is 0.167. The minimum Gasteiger partial charge on any atom is -0.310 e. The van der Waals surface area contributed by atoms with Crippen LogP contribution in [0.3, 0.4) is 0 Å². The number of para-hydroxylation sites is 1. The van der Waals surface area contributed by atoms with Crippen molar-refractivity contribution in [2.75, 3.05) is 4.90 Å². The summed E-state index contributed by atoms with van der Waals surface area (Å²) in [4.78, 5) is 2.37. The summed E-state index contributed by atoms with van der Waals surface area (Å²) in [5.74, 6) is 0. The van der Waals surface area contributed by atoms with Crippen LogP contribution in [0.5, 0.6) is 0 Å². The Morgan fingerprint density at radius 2 is 0.816 bits per heavy atom. The highest BCUT2D eigenvalue weighted by atomic mass is 15.1. The number of rotatable bonds is 6. The minimum absolute atomic E-state index is 1.11. The average Bonchev–Trinajstić information content (AvgIpc) is 3.18. The molecule has 0 saturated heterocycles. The van der Waals surface area contributed by atoms with Crippen LogP contribution >= 0.6 is 0 Å². The summed E-state index contributed by atoms with van der Waals surface area (Å²) >= 11 is 0.